The highest BCUT2D eigenvalue weighted by Crippen LogP contribution is 2.32. The number of halogens is 1. The van der Waals surface area contributed by atoms with Gasteiger partial charge in [-0.1, -0.05) is 25.1 Å². The Morgan fingerprint density at radius 3 is 2.94 bits per heavy atom. The molecule has 1 aliphatic rings. The monoisotopic (exact) mass is 230 g/mol. The third-order valence-corrected chi connectivity index (χ3v) is 3.62. The van der Waals surface area contributed by atoms with Gasteiger partial charge in [0, 0.05) is 11.6 Å². The number of rotatable bonds is 2. The Kier molecular flexibility index (Phi) is 2.46. The van der Waals surface area contributed by atoms with Crippen LogP contribution < -0.4 is 0 Å². The van der Waals surface area contributed by atoms with Crippen LogP contribution in [0.3, 0.4) is 0 Å². The maximum Gasteiger partial charge on any atom is 0.127 e. The van der Waals surface area contributed by atoms with Gasteiger partial charge >= 0.3 is 0 Å². The minimum absolute atomic E-state index is 0.0225. The van der Waals surface area contributed by atoms with Crippen molar-refractivity contribution < 1.29 is 4.39 Å². The lowest BCUT2D eigenvalue weighted by Gasteiger charge is -2.11. The fourth-order valence-corrected chi connectivity index (χ4v) is 2.68. The Morgan fingerprint density at radius 1 is 1.29 bits per heavy atom. The molecule has 3 rings (SSSR count). The van der Waals surface area contributed by atoms with Crippen LogP contribution in [0, 0.1) is 5.82 Å². The SMILES string of the molecule is CC(c1ccccc1F)c1n[nH]c2c1CCC2. The van der Waals surface area contributed by atoms with Gasteiger partial charge in [0.1, 0.15) is 5.82 Å². The summed E-state index contributed by atoms with van der Waals surface area (Å²) in [5.74, 6) is -0.121. The molecule has 0 bridgehead atoms. The lowest BCUT2D eigenvalue weighted by atomic mass is 9.94. The maximum absolute atomic E-state index is 13.7. The zero-order valence-corrected chi connectivity index (χ0v) is 9.83. The fourth-order valence-electron chi connectivity index (χ4n) is 2.68. The number of aromatic nitrogens is 2. The number of aryl methyl sites for hydroxylation is 1. The minimum atomic E-state index is -0.144. The highest BCUT2D eigenvalue weighted by molar-refractivity contribution is 5.37. The molecule has 1 N–H and O–H groups in total. The second-order valence-corrected chi connectivity index (χ2v) is 4.66. The quantitative estimate of drug-likeness (QED) is 0.843. The largest absolute Gasteiger partial charge is 0.282 e. The van der Waals surface area contributed by atoms with Crippen molar-refractivity contribution in [3.05, 3.63) is 52.6 Å². The molecule has 0 amide bonds. The van der Waals surface area contributed by atoms with Crippen molar-refractivity contribution in [2.75, 3.05) is 0 Å². The standard InChI is InChI=1S/C14H15FN2/c1-9(10-5-2-3-7-12(10)15)14-11-6-4-8-13(11)16-17-14/h2-3,5,7,9H,4,6,8H2,1H3,(H,16,17). The number of fused-ring (bicyclic) bond motifs is 1. The number of aromatic amines is 1. The average molecular weight is 230 g/mol. The number of nitrogens with zero attached hydrogens (tertiary/aromatic N) is 1. The van der Waals surface area contributed by atoms with E-state index >= 15 is 0 Å². The van der Waals surface area contributed by atoms with Crippen molar-refractivity contribution in [2.24, 2.45) is 0 Å². The van der Waals surface area contributed by atoms with Crippen LogP contribution >= 0.6 is 0 Å². The van der Waals surface area contributed by atoms with Gasteiger partial charge in [0.25, 0.3) is 0 Å². The molecule has 0 fully saturated rings. The minimum Gasteiger partial charge on any atom is -0.282 e. The van der Waals surface area contributed by atoms with Gasteiger partial charge in [-0.25, -0.2) is 4.39 Å². The van der Waals surface area contributed by atoms with Gasteiger partial charge in [0.05, 0.1) is 5.69 Å². The van der Waals surface area contributed by atoms with Crippen LogP contribution in [0.4, 0.5) is 4.39 Å². The van der Waals surface area contributed by atoms with Gasteiger partial charge in [0.2, 0.25) is 0 Å². The first-order valence-corrected chi connectivity index (χ1v) is 6.08. The van der Waals surface area contributed by atoms with E-state index in [1.165, 1.54) is 23.7 Å². The van der Waals surface area contributed by atoms with Gasteiger partial charge in [-0.05, 0) is 36.5 Å². The number of nitrogens with one attached hydrogen (secondary N) is 1. The normalized spacial score (nSPS) is 15.9. The molecule has 88 valence electrons. The summed E-state index contributed by atoms with van der Waals surface area (Å²) >= 11 is 0. The van der Waals surface area contributed by atoms with Crippen molar-refractivity contribution in [1.82, 2.24) is 10.2 Å². The molecule has 0 spiro atoms. The Balaban J connectivity index is 2.02. The average Bonchev–Trinajstić information content (AvgIpc) is 2.90. The summed E-state index contributed by atoms with van der Waals surface area (Å²) in [4.78, 5) is 0. The number of hydrogen-bond donors (Lipinski definition) is 1. The van der Waals surface area contributed by atoms with Crippen molar-refractivity contribution in [3.8, 4) is 0 Å². The molecule has 2 nitrogen and oxygen atoms in total. The highest BCUT2D eigenvalue weighted by Gasteiger charge is 2.24. The molecule has 1 aromatic heterocycles. The first-order valence-electron chi connectivity index (χ1n) is 6.08. The lowest BCUT2D eigenvalue weighted by molar-refractivity contribution is 0.600. The fraction of sp³-hybridized carbons (Fsp3) is 0.357. The Morgan fingerprint density at radius 2 is 2.12 bits per heavy atom. The third kappa shape index (κ3) is 1.66. The zero-order valence-electron chi connectivity index (χ0n) is 9.83. The van der Waals surface area contributed by atoms with Crippen LogP contribution in [0.15, 0.2) is 24.3 Å². The van der Waals surface area contributed by atoms with E-state index in [-0.39, 0.29) is 11.7 Å². The predicted molar refractivity (Wildman–Crippen MR) is 64.5 cm³/mol. The number of H-pyrrole nitrogens is 1. The van der Waals surface area contributed by atoms with Crippen LogP contribution in [0.2, 0.25) is 0 Å². The Labute approximate surface area is 99.9 Å². The first kappa shape index (κ1) is 10.5. The molecule has 2 aromatic rings. The molecular weight excluding hydrogens is 215 g/mol. The van der Waals surface area contributed by atoms with Crippen LogP contribution in [0.5, 0.6) is 0 Å². The van der Waals surface area contributed by atoms with E-state index in [1.54, 1.807) is 6.07 Å². The van der Waals surface area contributed by atoms with Crippen LogP contribution in [0.1, 0.15) is 41.8 Å². The predicted octanol–water partition coefficient (Wildman–Crippen LogP) is 3.19. The van der Waals surface area contributed by atoms with E-state index in [2.05, 4.69) is 10.2 Å². The second kappa shape index (κ2) is 3.99. The summed E-state index contributed by atoms with van der Waals surface area (Å²) in [5.41, 5.74) is 4.29. The van der Waals surface area contributed by atoms with Crippen molar-refractivity contribution in [3.63, 3.8) is 0 Å². The molecule has 1 aliphatic carbocycles. The molecule has 17 heavy (non-hydrogen) atoms. The Bertz CT molecular complexity index is 545. The van der Waals surface area contributed by atoms with Crippen LogP contribution in [-0.4, -0.2) is 10.2 Å². The van der Waals surface area contributed by atoms with E-state index in [0.717, 1.165) is 24.1 Å². The van der Waals surface area contributed by atoms with Gasteiger partial charge in [-0.15, -0.1) is 0 Å². The number of benzene rings is 1. The van der Waals surface area contributed by atoms with Gasteiger partial charge in [0.15, 0.2) is 0 Å². The topological polar surface area (TPSA) is 28.7 Å². The zero-order chi connectivity index (χ0) is 11.8. The summed E-state index contributed by atoms with van der Waals surface area (Å²) < 4.78 is 13.7. The van der Waals surface area contributed by atoms with Crippen molar-refractivity contribution in [2.45, 2.75) is 32.1 Å². The lowest BCUT2D eigenvalue weighted by Crippen LogP contribution is -2.02. The molecule has 1 heterocycles. The Hall–Kier alpha value is -1.64. The number of hydrogen-bond acceptors (Lipinski definition) is 1. The van der Waals surface area contributed by atoms with Crippen LogP contribution in [0.25, 0.3) is 0 Å². The molecule has 0 radical (unpaired) electrons. The molecule has 1 atom stereocenters. The van der Waals surface area contributed by atoms with E-state index in [9.17, 15) is 4.39 Å². The molecule has 1 unspecified atom stereocenters. The van der Waals surface area contributed by atoms with Crippen molar-refractivity contribution >= 4 is 0 Å². The van der Waals surface area contributed by atoms with Crippen LogP contribution in [-0.2, 0) is 12.8 Å². The molecule has 3 heteroatoms. The molecule has 1 aromatic carbocycles. The first-order chi connectivity index (χ1) is 8.27. The van der Waals surface area contributed by atoms with E-state index < -0.39 is 0 Å². The van der Waals surface area contributed by atoms with Gasteiger partial charge < -0.3 is 0 Å². The molecule has 0 saturated heterocycles. The molecule has 0 saturated carbocycles. The summed E-state index contributed by atoms with van der Waals surface area (Å²) in [5, 5.41) is 7.45. The molecular formula is C14H15FN2. The summed E-state index contributed by atoms with van der Waals surface area (Å²) in [6, 6.07) is 6.96. The second-order valence-electron chi connectivity index (χ2n) is 4.66. The summed E-state index contributed by atoms with van der Waals surface area (Å²) in [6.45, 7) is 2.02. The smallest absolute Gasteiger partial charge is 0.127 e. The maximum atomic E-state index is 13.7. The van der Waals surface area contributed by atoms with E-state index in [1.807, 2.05) is 19.1 Å². The third-order valence-electron chi connectivity index (χ3n) is 3.62. The highest BCUT2D eigenvalue weighted by atomic mass is 19.1. The summed E-state index contributed by atoms with van der Waals surface area (Å²) in [6.07, 6.45) is 3.33. The molecule has 0 aliphatic heterocycles. The van der Waals surface area contributed by atoms with Gasteiger partial charge in [-0.2, -0.15) is 5.10 Å². The van der Waals surface area contributed by atoms with Crippen molar-refractivity contribution in [1.29, 1.82) is 0 Å². The van der Waals surface area contributed by atoms with E-state index in [4.69, 9.17) is 0 Å². The van der Waals surface area contributed by atoms with Gasteiger partial charge in [-0.3, -0.25) is 5.10 Å². The summed E-state index contributed by atoms with van der Waals surface area (Å²) in [7, 11) is 0. The van der Waals surface area contributed by atoms with E-state index in [0.29, 0.717) is 0 Å².